The van der Waals surface area contributed by atoms with Gasteiger partial charge in [0.25, 0.3) is 0 Å². The van der Waals surface area contributed by atoms with Crippen molar-refractivity contribution >= 4 is 18.3 Å². The van der Waals surface area contributed by atoms with Crippen molar-refractivity contribution in [3.05, 3.63) is 53.0 Å². The summed E-state index contributed by atoms with van der Waals surface area (Å²) >= 11 is 0. The molecule has 1 aromatic carbocycles. The van der Waals surface area contributed by atoms with Gasteiger partial charge in [-0.2, -0.15) is 0 Å². The van der Waals surface area contributed by atoms with Gasteiger partial charge in [0.15, 0.2) is 0 Å². The number of benzene rings is 1. The molecule has 3 rings (SSSR count). The van der Waals surface area contributed by atoms with Crippen LogP contribution >= 0.6 is 0 Å². The van der Waals surface area contributed by atoms with E-state index in [1.807, 2.05) is 6.07 Å². The van der Waals surface area contributed by atoms with E-state index in [1.54, 1.807) is 24.3 Å². The monoisotopic (exact) mass is 308 g/mol. The second kappa shape index (κ2) is 6.82. The first kappa shape index (κ1) is 15.5. The van der Waals surface area contributed by atoms with Crippen molar-refractivity contribution in [2.75, 3.05) is 0 Å². The maximum atomic E-state index is 9.63. The van der Waals surface area contributed by atoms with Gasteiger partial charge in [0.05, 0.1) is 18.9 Å². The summed E-state index contributed by atoms with van der Waals surface area (Å²) in [5.74, 6) is 1.12. The maximum Gasteiger partial charge on any atom is 0.491 e. The molecule has 1 aliphatic heterocycles. The SMILES string of the molecule is [C-]#[N+]c1ccc(Oc2ccc3c(c2)COB3O)nc1CCCC. The van der Waals surface area contributed by atoms with Crippen LogP contribution in [0.5, 0.6) is 11.6 Å². The van der Waals surface area contributed by atoms with Gasteiger partial charge in [-0.15, -0.1) is 0 Å². The highest BCUT2D eigenvalue weighted by molar-refractivity contribution is 6.61. The molecule has 0 saturated heterocycles. The first-order valence-corrected chi connectivity index (χ1v) is 7.69. The number of pyridine rings is 1. The van der Waals surface area contributed by atoms with Crippen LogP contribution in [0.3, 0.4) is 0 Å². The van der Waals surface area contributed by atoms with E-state index in [0.29, 0.717) is 23.9 Å². The number of aromatic nitrogens is 1. The molecule has 0 bridgehead atoms. The first-order valence-electron chi connectivity index (χ1n) is 7.69. The van der Waals surface area contributed by atoms with Gasteiger partial charge < -0.3 is 14.4 Å². The maximum absolute atomic E-state index is 9.63. The molecule has 23 heavy (non-hydrogen) atoms. The molecule has 0 atom stereocenters. The number of ether oxygens (including phenoxy) is 1. The average molecular weight is 308 g/mol. The highest BCUT2D eigenvalue weighted by atomic mass is 16.5. The van der Waals surface area contributed by atoms with E-state index < -0.39 is 7.12 Å². The summed E-state index contributed by atoms with van der Waals surface area (Å²) in [4.78, 5) is 7.98. The quantitative estimate of drug-likeness (QED) is 0.681. The molecule has 2 aromatic rings. The normalized spacial score (nSPS) is 12.8. The summed E-state index contributed by atoms with van der Waals surface area (Å²) in [5.41, 5.74) is 3.05. The van der Waals surface area contributed by atoms with Crippen LogP contribution in [-0.4, -0.2) is 17.1 Å². The Bertz CT molecular complexity index is 758. The van der Waals surface area contributed by atoms with Crippen LogP contribution in [0.25, 0.3) is 4.85 Å². The lowest BCUT2D eigenvalue weighted by molar-refractivity contribution is 0.275. The lowest BCUT2D eigenvalue weighted by atomic mass is 9.80. The Morgan fingerprint density at radius 3 is 3.04 bits per heavy atom. The third kappa shape index (κ3) is 3.36. The average Bonchev–Trinajstić information content (AvgIpc) is 2.94. The first-order chi connectivity index (χ1) is 11.2. The Labute approximate surface area is 135 Å². The van der Waals surface area contributed by atoms with Gasteiger partial charge >= 0.3 is 7.12 Å². The van der Waals surface area contributed by atoms with E-state index in [-0.39, 0.29) is 0 Å². The summed E-state index contributed by atoms with van der Waals surface area (Å²) in [6.45, 7) is 9.71. The Kier molecular flexibility index (Phi) is 4.61. The van der Waals surface area contributed by atoms with Crippen LogP contribution in [0.15, 0.2) is 30.3 Å². The van der Waals surface area contributed by atoms with Crippen molar-refractivity contribution in [2.45, 2.75) is 32.8 Å². The number of fused-ring (bicyclic) bond motifs is 1. The molecule has 0 spiro atoms. The second-order valence-corrected chi connectivity index (χ2v) is 5.46. The molecular weight excluding hydrogens is 291 g/mol. The molecule has 0 aliphatic carbocycles. The zero-order chi connectivity index (χ0) is 16.2. The Balaban J connectivity index is 1.81. The molecule has 0 fully saturated rings. The fourth-order valence-electron chi connectivity index (χ4n) is 2.55. The minimum Gasteiger partial charge on any atom is -0.439 e. The zero-order valence-corrected chi connectivity index (χ0v) is 13.0. The van der Waals surface area contributed by atoms with Gasteiger partial charge in [0.1, 0.15) is 5.75 Å². The van der Waals surface area contributed by atoms with Gasteiger partial charge in [-0.1, -0.05) is 19.4 Å². The molecule has 1 N–H and O–H groups in total. The predicted octanol–water partition coefficient (Wildman–Crippen LogP) is 2.98. The number of hydrogen-bond acceptors (Lipinski definition) is 4. The van der Waals surface area contributed by atoms with Crippen molar-refractivity contribution in [2.24, 2.45) is 0 Å². The van der Waals surface area contributed by atoms with Crippen LogP contribution in [-0.2, 0) is 17.7 Å². The lowest BCUT2D eigenvalue weighted by Gasteiger charge is -2.09. The highest BCUT2D eigenvalue weighted by Gasteiger charge is 2.27. The third-order valence-electron chi connectivity index (χ3n) is 3.81. The van der Waals surface area contributed by atoms with Gasteiger partial charge in [-0.3, -0.25) is 0 Å². The van der Waals surface area contributed by atoms with Crippen LogP contribution in [0.4, 0.5) is 5.69 Å². The molecule has 0 unspecified atom stereocenters. The summed E-state index contributed by atoms with van der Waals surface area (Å²) < 4.78 is 11.0. The molecule has 1 aromatic heterocycles. The van der Waals surface area contributed by atoms with Gasteiger partial charge in [-0.05, 0) is 48.1 Å². The lowest BCUT2D eigenvalue weighted by Crippen LogP contribution is -2.27. The fourth-order valence-corrected chi connectivity index (χ4v) is 2.55. The van der Waals surface area contributed by atoms with Crippen LogP contribution in [0, 0.1) is 6.57 Å². The predicted molar refractivity (Wildman–Crippen MR) is 88.0 cm³/mol. The van der Waals surface area contributed by atoms with Crippen LogP contribution in [0.2, 0.25) is 0 Å². The number of hydrogen-bond donors (Lipinski definition) is 1. The van der Waals surface area contributed by atoms with Crippen molar-refractivity contribution in [1.82, 2.24) is 4.98 Å². The third-order valence-corrected chi connectivity index (χ3v) is 3.81. The zero-order valence-electron chi connectivity index (χ0n) is 13.0. The van der Waals surface area contributed by atoms with E-state index in [0.717, 1.165) is 36.0 Å². The minimum absolute atomic E-state index is 0.375. The molecule has 5 nitrogen and oxygen atoms in total. The van der Waals surface area contributed by atoms with E-state index in [1.165, 1.54) is 0 Å². The summed E-state index contributed by atoms with van der Waals surface area (Å²) in [6.07, 6.45) is 2.82. The van der Waals surface area contributed by atoms with Gasteiger partial charge in [0, 0.05) is 0 Å². The number of rotatable bonds is 5. The standard InChI is InChI=1S/C17H17BN2O3/c1-3-4-5-16-15(19-2)8-9-17(20-16)23-13-6-7-14-12(10-13)11-22-18(14)21/h6-10,21H,3-5,11H2,1H3. The Morgan fingerprint density at radius 2 is 2.26 bits per heavy atom. The molecule has 2 heterocycles. The van der Waals surface area contributed by atoms with E-state index in [9.17, 15) is 5.02 Å². The molecule has 1 aliphatic rings. The molecule has 6 heteroatoms. The molecule has 0 amide bonds. The molecule has 116 valence electrons. The van der Waals surface area contributed by atoms with Gasteiger partial charge in [0.2, 0.25) is 11.6 Å². The molecule has 0 radical (unpaired) electrons. The molecule has 0 saturated carbocycles. The van der Waals surface area contributed by atoms with Crippen LogP contribution < -0.4 is 10.2 Å². The number of unbranched alkanes of at least 4 members (excludes halogenated alkanes) is 1. The summed E-state index contributed by atoms with van der Waals surface area (Å²) in [5, 5.41) is 9.63. The van der Waals surface area contributed by atoms with Crippen molar-refractivity contribution in [3.63, 3.8) is 0 Å². The number of nitrogens with zero attached hydrogens (tertiary/aromatic N) is 2. The smallest absolute Gasteiger partial charge is 0.439 e. The van der Waals surface area contributed by atoms with Crippen molar-refractivity contribution in [1.29, 1.82) is 0 Å². The van der Waals surface area contributed by atoms with Gasteiger partial charge in [-0.25, -0.2) is 9.83 Å². The molecular formula is C17H17BN2O3. The Morgan fingerprint density at radius 1 is 1.39 bits per heavy atom. The van der Waals surface area contributed by atoms with Crippen molar-refractivity contribution in [3.8, 4) is 11.6 Å². The Hall–Kier alpha value is -2.36. The highest BCUT2D eigenvalue weighted by Crippen LogP contribution is 2.27. The van der Waals surface area contributed by atoms with Crippen molar-refractivity contribution < 1.29 is 14.4 Å². The summed E-state index contributed by atoms with van der Waals surface area (Å²) in [7, 11) is -0.851. The van der Waals surface area contributed by atoms with E-state index in [4.69, 9.17) is 16.0 Å². The topological polar surface area (TPSA) is 55.9 Å². The number of aryl methyl sites for hydroxylation is 1. The largest absolute Gasteiger partial charge is 0.491 e. The summed E-state index contributed by atoms with van der Waals surface area (Å²) in [6, 6.07) is 8.89. The second-order valence-electron chi connectivity index (χ2n) is 5.46. The van der Waals surface area contributed by atoms with E-state index >= 15 is 0 Å². The van der Waals surface area contributed by atoms with E-state index in [2.05, 4.69) is 16.8 Å². The fraction of sp³-hybridized carbons (Fsp3) is 0.294. The minimum atomic E-state index is -0.851. The van der Waals surface area contributed by atoms with Crippen LogP contribution in [0.1, 0.15) is 31.0 Å².